The van der Waals surface area contributed by atoms with E-state index in [4.69, 9.17) is 18.9 Å². The van der Waals surface area contributed by atoms with E-state index in [1.165, 1.54) is 7.11 Å². The van der Waals surface area contributed by atoms with Crippen LogP contribution in [-0.4, -0.2) is 33.0 Å². The fourth-order valence-corrected chi connectivity index (χ4v) is 2.93. The molecule has 0 aliphatic carbocycles. The Morgan fingerprint density at radius 2 is 1.87 bits per heavy atom. The summed E-state index contributed by atoms with van der Waals surface area (Å²) in [6, 6.07) is 9.47. The van der Waals surface area contributed by atoms with Gasteiger partial charge in [0.25, 0.3) is 0 Å². The van der Waals surface area contributed by atoms with Crippen LogP contribution in [0.15, 0.2) is 30.3 Å². The second kappa shape index (κ2) is 6.28. The van der Waals surface area contributed by atoms with Crippen molar-refractivity contribution in [2.45, 2.75) is 12.3 Å². The fraction of sp³-hybridized carbons (Fsp3) is 0.333. The van der Waals surface area contributed by atoms with Gasteiger partial charge in [0.2, 0.25) is 5.75 Å². The molecule has 2 aromatic rings. The highest BCUT2D eigenvalue weighted by Gasteiger charge is 2.26. The minimum Gasteiger partial charge on any atom is -0.504 e. The molecule has 0 amide bonds. The minimum absolute atomic E-state index is 0.0516. The summed E-state index contributed by atoms with van der Waals surface area (Å²) < 4.78 is 21.5. The molecule has 1 aliphatic rings. The summed E-state index contributed by atoms with van der Waals surface area (Å²) in [5.41, 5.74) is 1.89. The van der Waals surface area contributed by atoms with E-state index >= 15 is 0 Å². The Kier molecular flexibility index (Phi) is 4.19. The van der Waals surface area contributed by atoms with Crippen LogP contribution in [0.5, 0.6) is 28.7 Å². The molecule has 0 bridgehead atoms. The van der Waals surface area contributed by atoms with Gasteiger partial charge in [-0.15, -0.1) is 0 Å². The Balaban J connectivity index is 1.92. The van der Waals surface area contributed by atoms with E-state index in [1.807, 2.05) is 24.3 Å². The normalized spacial score (nSPS) is 16.2. The smallest absolute Gasteiger partial charge is 0.203 e. The Labute approximate surface area is 135 Å². The van der Waals surface area contributed by atoms with Gasteiger partial charge in [0.15, 0.2) is 11.5 Å². The molecule has 1 atom stereocenters. The van der Waals surface area contributed by atoms with E-state index < -0.39 is 0 Å². The predicted molar refractivity (Wildman–Crippen MR) is 86.1 cm³/mol. The second-order valence-corrected chi connectivity index (χ2v) is 5.42. The van der Waals surface area contributed by atoms with Crippen molar-refractivity contribution in [2.75, 3.05) is 27.9 Å². The van der Waals surface area contributed by atoms with Gasteiger partial charge in [0, 0.05) is 17.5 Å². The van der Waals surface area contributed by atoms with Crippen molar-refractivity contribution < 1.29 is 24.1 Å². The third kappa shape index (κ3) is 2.74. The largest absolute Gasteiger partial charge is 0.504 e. The van der Waals surface area contributed by atoms with Gasteiger partial charge in [-0.1, -0.05) is 12.1 Å². The van der Waals surface area contributed by atoms with Crippen molar-refractivity contribution in [1.82, 2.24) is 0 Å². The highest BCUT2D eigenvalue weighted by molar-refractivity contribution is 5.56. The number of fused-ring (bicyclic) bond motifs is 1. The van der Waals surface area contributed by atoms with E-state index in [0.29, 0.717) is 18.1 Å². The Morgan fingerprint density at radius 3 is 2.57 bits per heavy atom. The van der Waals surface area contributed by atoms with Crippen LogP contribution < -0.4 is 18.9 Å². The molecule has 0 saturated carbocycles. The van der Waals surface area contributed by atoms with Crippen molar-refractivity contribution in [3.63, 3.8) is 0 Å². The SMILES string of the molecule is COc1ccc2c(c1)OC[C@@H](c1ccc(OC)c(OC)c1O)C2. The van der Waals surface area contributed by atoms with Gasteiger partial charge in [0.1, 0.15) is 11.5 Å². The van der Waals surface area contributed by atoms with Crippen LogP contribution in [0.2, 0.25) is 0 Å². The third-order valence-corrected chi connectivity index (χ3v) is 4.17. The van der Waals surface area contributed by atoms with Crippen LogP contribution in [0.3, 0.4) is 0 Å². The van der Waals surface area contributed by atoms with Gasteiger partial charge in [-0.2, -0.15) is 0 Å². The first-order valence-corrected chi connectivity index (χ1v) is 7.41. The van der Waals surface area contributed by atoms with Gasteiger partial charge in [-0.05, 0) is 24.1 Å². The highest BCUT2D eigenvalue weighted by atomic mass is 16.5. The lowest BCUT2D eigenvalue weighted by Crippen LogP contribution is -2.19. The molecule has 2 aromatic carbocycles. The highest BCUT2D eigenvalue weighted by Crippen LogP contribution is 2.44. The first-order valence-electron chi connectivity index (χ1n) is 7.41. The van der Waals surface area contributed by atoms with Crippen LogP contribution >= 0.6 is 0 Å². The summed E-state index contributed by atoms with van der Waals surface area (Å²) in [6.07, 6.45) is 0.780. The van der Waals surface area contributed by atoms with Crippen molar-refractivity contribution in [3.05, 3.63) is 41.5 Å². The molecule has 0 spiro atoms. The first-order chi connectivity index (χ1) is 11.2. The number of aromatic hydroxyl groups is 1. The number of rotatable bonds is 4. The average Bonchev–Trinajstić information content (AvgIpc) is 2.60. The molecule has 122 valence electrons. The van der Waals surface area contributed by atoms with E-state index in [9.17, 15) is 5.11 Å². The van der Waals surface area contributed by atoms with Gasteiger partial charge < -0.3 is 24.1 Å². The van der Waals surface area contributed by atoms with Crippen LogP contribution in [-0.2, 0) is 6.42 Å². The summed E-state index contributed by atoms with van der Waals surface area (Å²) in [5, 5.41) is 10.5. The van der Waals surface area contributed by atoms with Crippen LogP contribution in [0.25, 0.3) is 0 Å². The van der Waals surface area contributed by atoms with Crippen LogP contribution in [0.1, 0.15) is 17.0 Å². The van der Waals surface area contributed by atoms with Crippen molar-refractivity contribution in [3.8, 4) is 28.7 Å². The zero-order chi connectivity index (χ0) is 16.4. The van der Waals surface area contributed by atoms with Gasteiger partial charge in [-0.3, -0.25) is 0 Å². The summed E-state index contributed by atoms with van der Waals surface area (Å²) >= 11 is 0. The lowest BCUT2D eigenvalue weighted by molar-refractivity contribution is 0.256. The Bertz CT molecular complexity index is 711. The molecule has 3 rings (SSSR count). The number of hydrogen-bond donors (Lipinski definition) is 1. The van der Waals surface area contributed by atoms with E-state index in [0.717, 1.165) is 29.0 Å². The number of methoxy groups -OCH3 is 3. The van der Waals surface area contributed by atoms with Crippen molar-refractivity contribution >= 4 is 0 Å². The number of benzene rings is 2. The monoisotopic (exact) mass is 316 g/mol. The molecule has 5 heteroatoms. The number of phenols is 1. The predicted octanol–water partition coefficient (Wildman–Crippen LogP) is 3.14. The molecular formula is C18H20O5. The summed E-state index contributed by atoms with van der Waals surface area (Å²) in [7, 11) is 4.69. The summed E-state index contributed by atoms with van der Waals surface area (Å²) in [4.78, 5) is 0. The topological polar surface area (TPSA) is 57.2 Å². The first kappa shape index (κ1) is 15.3. The quantitative estimate of drug-likeness (QED) is 0.939. The average molecular weight is 316 g/mol. The zero-order valence-corrected chi connectivity index (χ0v) is 13.5. The van der Waals surface area contributed by atoms with E-state index in [2.05, 4.69) is 0 Å². The molecule has 1 N–H and O–H groups in total. The van der Waals surface area contributed by atoms with Crippen molar-refractivity contribution in [2.24, 2.45) is 0 Å². The maximum Gasteiger partial charge on any atom is 0.203 e. The lowest BCUT2D eigenvalue weighted by Gasteiger charge is -2.27. The molecule has 0 aromatic heterocycles. The maximum absolute atomic E-state index is 10.5. The zero-order valence-electron chi connectivity index (χ0n) is 13.5. The second-order valence-electron chi connectivity index (χ2n) is 5.42. The molecule has 0 saturated heterocycles. The van der Waals surface area contributed by atoms with Crippen molar-refractivity contribution in [1.29, 1.82) is 0 Å². The lowest BCUT2D eigenvalue weighted by atomic mass is 9.89. The van der Waals surface area contributed by atoms with E-state index in [-0.39, 0.29) is 11.7 Å². The molecule has 1 heterocycles. The molecule has 5 nitrogen and oxygen atoms in total. The van der Waals surface area contributed by atoms with Crippen LogP contribution in [0, 0.1) is 0 Å². The fourth-order valence-electron chi connectivity index (χ4n) is 2.93. The molecule has 0 unspecified atom stereocenters. The number of phenolic OH excluding ortho intramolecular Hbond substituents is 1. The molecule has 1 aliphatic heterocycles. The minimum atomic E-state index is 0.0516. The standard InChI is InChI=1S/C18H20O5/c1-20-13-5-4-11-8-12(10-23-16(11)9-13)14-6-7-15(21-2)18(22-3)17(14)19/h4-7,9,12,19H,8,10H2,1-3H3/t12-/m0/s1. The Morgan fingerprint density at radius 1 is 1.04 bits per heavy atom. The van der Waals surface area contributed by atoms with Gasteiger partial charge in [0.05, 0.1) is 27.9 Å². The molecule has 0 radical (unpaired) electrons. The number of hydrogen-bond acceptors (Lipinski definition) is 5. The molecule has 0 fully saturated rings. The maximum atomic E-state index is 10.5. The van der Waals surface area contributed by atoms with E-state index in [1.54, 1.807) is 20.3 Å². The summed E-state index contributed by atoms with van der Waals surface area (Å²) in [6.45, 7) is 0.489. The number of ether oxygens (including phenoxy) is 4. The van der Waals surface area contributed by atoms with Gasteiger partial charge in [-0.25, -0.2) is 0 Å². The van der Waals surface area contributed by atoms with Crippen LogP contribution in [0.4, 0.5) is 0 Å². The Hall–Kier alpha value is -2.56. The summed E-state index contributed by atoms with van der Waals surface area (Å²) in [5.74, 6) is 2.63. The third-order valence-electron chi connectivity index (χ3n) is 4.17. The molecular weight excluding hydrogens is 296 g/mol. The van der Waals surface area contributed by atoms with Gasteiger partial charge >= 0.3 is 0 Å². The molecule has 23 heavy (non-hydrogen) atoms.